The third-order valence-electron chi connectivity index (χ3n) is 1.53. The summed E-state index contributed by atoms with van der Waals surface area (Å²) in [5.74, 6) is -0.438. The molecular weight excluding hydrogens is 146 g/mol. The molecule has 0 aliphatic carbocycles. The zero-order valence-corrected chi connectivity index (χ0v) is 6.50. The molecule has 1 heterocycles. The normalized spacial score (nSPS) is 17.2. The van der Waals surface area contributed by atoms with Crippen molar-refractivity contribution in [3.05, 3.63) is 0 Å². The van der Waals surface area contributed by atoms with Crippen LogP contribution >= 0.6 is 0 Å². The Morgan fingerprint density at radius 2 is 2.45 bits per heavy atom. The van der Waals surface area contributed by atoms with Crippen LogP contribution in [0.25, 0.3) is 0 Å². The van der Waals surface area contributed by atoms with Crippen molar-refractivity contribution in [2.45, 2.75) is 26.2 Å². The second kappa shape index (κ2) is 3.37. The van der Waals surface area contributed by atoms with Crippen LogP contribution in [0.1, 0.15) is 26.2 Å². The molecule has 1 aliphatic heterocycles. The predicted octanol–water partition coefficient (Wildman–Crippen LogP) is 0.477. The second-order valence-electron chi connectivity index (χ2n) is 2.42. The fourth-order valence-electron chi connectivity index (χ4n) is 0.907. The molecule has 1 saturated heterocycles. The summed E-state index contributed by atoms with van der Waals surface area (Å²) in [5.41, 5.74) is 0. The molecule has 62 valence electrons. The smallest absolute Gasteiger partial charge is 0.332 e. The van der Waals surface area contributed by atoms with E-state index < -0.39 is 0 Å². The summed E-state index contributed by atoms with van der Waals surface area (Å²) < 4.78 is 0. The first kappa shape index (κ1) is 8.04. The highest BCUT2D eigenvalue weighted by molar-refractivity contribution is 5.79. The summed E-state index contributed by atoms with van der Waals surface area (Å²) in [7, 11) is 0. The first-order valence-electron chi connectivity index (χ1n) is 3.75. The molecule has 0 aromatic carbocycles. The molecular formula is C7H11NO3. The van der Waals surface area contributed by atoms with Crippen LogP contribution in [-0.4, -0.2) is 23.5 Å². The van der Waals surface area contributed by atoms with E-state index in [-0.39, 0.29) is 11.9 Å². The van der Waals surface area contributed by atoms with Crippen LogP contribution in [0.15, 0.2) is 0 Å². The highest BCUT2D eigenvalue weighted by Crippen LogP contribution is 2.10. The molecule has 11 heavy (non-hydrogen) atoms. The number of hydroxylamine groups is 2. The third kappa shape index (κ3) is 1.93. The summed E-state index contributed by atoms with van der Waals surface area (Å²) in [4.78, 5) is 26.3. The molecule has 1 amide bonds. The zero-order valence-electron chi connectivity index (χ0n) is 6.50. The fourth-order valence-corrected chi connectivity index (χ4v) is 0.907. The number of rotatable bonds is 2. The standard InChI is InChI=1S/C7H11NO3/c1-2-7(10)11-8-5-3-4-6(8)9/h2-5H2,1H3. The molecule has 1 fully saturated rings. The van der Waals surface area contributed by atoms with E-state index in [1.54, 1.807) is 6.92 Å². The minimum Gasteiger partial charge on any atom is -0.338 e. The lowest BCUT2D eigenvalue weighted by molar-refractivity contribution is -0.192. The van der Waals surface area contributed by atoms with Crippen molar-refractivity contribution in [2.24, 2.45) is 0 Å². The summed E-state index contributed by atoms with van der Waals surface area (Å²) >= 11 is 0. The van der Waals surface area contributed by atoms with Gasteiger partial charge in [0.25, 0.3) is 5.91 Å². The lowest BCUT2D eigenvalue weighted by Gasteiger charge is -2.12. The van der Waals surface area contributed by atoms with Crippen LogP contribution in [0, 0.1) is 0 Å². The predicted molar refractivity (Wildman–Crippen MR) is 37.3 cm³/mol. The molecule has 0 aromatic rings. The minimum atomic E-state index is -0.347. The Kier molecular flexibility index (Phi) is 2.46. The van der Waals surface area contributed by atoms with Crippen LogP contribution in [0.5, 0.6) is 0 Å². The van der Waals surface area contributed by atoms with Crippen molar-refractivity contribution >= 4 is 11.9 Å². The maximum atomic E-state index is 10.9. The Hall–Kier alpha value is -1.06. The maximum Gasteiger partial charge on any atom is 0.332 e. The number of carbonyl (C=O) groups is 2. The van der Waals surface area contributed by atoms with Gasteiger partial charge in [-0.2, -0.15) is 5.06 Å². The van der Waals surface area contributed by atoms with E-state index in [1.807, 2.05) is 0 Å². The molecule has 0 bridgehead atoms. The summed E-state index contributed by atoms with van der Waals surface area (Å²) in [6.45, 7) is 2.24. The molecule has 0 saturated carbocycles. The molecule has 1 rings (SSSR count). The Morgan fingerprint density at radius 3 is 2.91 bits per heavy atom. The second-order valence-corrected chi connectivity index (χ2v) is 2.42. The lowest BCUT2D eigenvalue weighted by Crippen LogP contribution is -2.27. The van der Waals surface area contributed by atoms with Crippen molar-refractivity contribution in [1.29, 1.82) is 0 Å². The maximum absolute atomic E-state index is 10.9. The lowest BCUT2D eigenvalue weighted by atomic mass is 10.4. The van der Waals surface area contributed by atoms with Gasteiger partial charge in [0.1, 0.15) is 0 Å². The largest absolute Gasteiger partial charge is 0.338 e. The van der Waals surface area contributed by atoms with Crippen molar-refractivity contribution in [3.63, 3.8) is 0 Å². The van der Waals surface area contributed by atoms with Crippen molar-refractivity contribution < 1.29 is 14.4 Å². The SMILES string of the molecule is CCC(=O)ON1CCCC1=O. The molecule has 0 atom stereocenters. The van der Waals surface area contributed by atoms with Gasteiger partial charge in [-0.1, -0.05) is 6.92 Å². The number of carbonyl (C=O) groups excluding carboxylic acids is 2. The number of amides is 1. The monoisotopic (exact) mass is 157 g/mol. The van der Waals surface area contributed by atoms with Gasteiger partial charge in [-0.3, -0.25) is 4.79 Å². The van der Waals surface area contributed by atoms with Crippen molar-refractivity contribution in [3.8, 4) is 0 Å². The first-order chi connectivity index (χ1) is 5.24. The highest BCUT2D eigenvalue weighted by Gasteiger charge is 2.23. The fraction of sp³-hybridized carbons (Fsp3) is 0.714. The van der Waals surface area contributed by atoms with Gasteiger partial charge in [0.2, 0.25) is 0 Å². The van der Waals surface area contributed by atoms with E-state index in [4.69, 9.17) is 4.84 Å². The topological polar surface area (TPSA) is 46.6 Å². The average Bonchev–Trinajstić information content (AvgIpc) is 2.37. The molecule has 1 aliphatic rings. The molecule has 4 heteroatoms. The highest BCUT2D eigenvalue weighted by atomic mass is 16.7. The molecule has 0 spiro atoms. The van der Waals surface area contributed by atoms with Gasteiger partial charge in [0.05, 0.1) is 6.54 Å². The molecule has 0 N–H and O–H groups in total. The Bertz CT molecular complexity index is 179. The van der Waals surface area contributed by atoms with E-state index in [9.17, 15) is 9.59 Å². The zero-order chi connectivity index (χ0) is 8.27. The molecule has 0 unspecified atom stereocenters. The van der Waals surface area contributed by atoms with Crippen LogP contribution < -0.4 is 0 Å². The van der Waals surface area contributed by atoms with E-state index >= 15 is 0 Å². The number of nitrogens with zero attached hydrogens (tertiary/aromatic N) is 1. The summed E-state index contributed by atoms with van der Waals surface area (Å²) in [6.07, 6.45) is 1.59. The van der Waals surface area contributed by atoms with Crippen molar-refractivity contribution in [1.82, 2.24) is 5.06 Å². The van der Waals surface area contributed by atoms with Gasteiger partial charge in [-0.05, 0) is 6.42 Å². The van der Waals surface area contributed by atoms with Gasteiger partial charge in [-0.15, -0.1) is 0 Å². The van der Waals surface area contributed by atoms with Gasteiger partial charge < -0.3 is 4.84 Å². The van der Waals surface area contributed by atoms with E-state index in [0.29, 0.717) is 19.4 Å². The van der Waals surface area contributed by atoms with E-state index in [0.717, 1.165) is 11.5 Å². The third-order valence-corrected chi connectivity index (χ3v) is 1.53. The average molecular weight is 157 g/mol. The Labute approximate surface area is 65.1 Å². The van der Waals surface area contributed by atoms with Crippen LogP contribution in [0.4, 0.5) is 0 Å². The van der Waals surface area contributed by atoms with Gasteiger partial charge >= 0.3 is 5.97 Å². The Balaban J connectivity index is 2.36. The van der Waals surface area contributed by atoms with E-state index in [2.05, 4.69) is 0 Å². The van der Waals surface area contributed by atoms with Crippen LogP contribution in [0.2, 0.25) is 0 Å². The molecule has 0 radical (unpaired) electrons. The van der Waals surface area contributed by atoms with Gasteiger partial charge in [-0.25, -0.2) is 4.79 Å². The van der Waals surface area contributed by atoms with Crippen LogP contribution in [0.3, 0.4) is 0 Å². The number of hydrogen-bond acceptors (Lipinski definition) is 3. The first-order valence-corrected chi connectivity index (χ1v) is 3.75. The minimum absolute atomic E-state index is 0.0909. The summed E-state index contributed by atoms with van der Waals surface area (Å²) in [6, 6.07) is 0. The van der Waals surface area contributed by atoms with Crippen molar-refractivity contribution in [2.75, 3.05) is 6.54 Å². The quantitative estimate of drug-likeness (QED) is 0.585. The van der Waals surface area contributed by atoms with Crippen LogP contribution in [-0.2, 0) is 14.4 Å². The molecule has 4 nitrogen and oxygen atoms in total. The van der Waals surface area contributed by atoms with Gasteiger partial charge in [0, 0.05) is 12.8 Å². The van der Waals surface area contributed by atoms with Gasteiger partial charge in [0.15, 0.2) is 0 Å². The molecule has 0 aromatic heterocycles. The van der Waals surface area contributed by atoms with E-state index in [1.165, 1.54) is 0 Å². The number of hydrogen-bond donors (Lipinski definition) is 0. The Morgan fingerprint density at radius 1 is 1.73 bits per heavy atom. The summed E-state index contributed by atoms with van der Waals surface area (Å²) in [5, 5.41) is 1.14.